The van der Waals surface area contributed by atoms with Crippen molar-refractivity contribution in [3.05, 3.63) is 71.3 Å². The van der Waals surface area contributed by atoms with Gasteiger partial charge >= 0.3 is 0 Å². The standard InChI is InChI=1S/C20H27NO2/c1-3-21(13-15-22)14-16-23-20(18-10-5-4-6-11-18)19-12-8-7-9-17(19)2/h4-12,20,22H,3,13-16H2,1-2H3. The van der Waals surface area contributed by atoms with E-state index in [4.69, 9.17) is 9.84 Å². The molecule has 0 saturated carbocycles. The van der Waals surface area contributed by atoms with Gasteiger partial charge < -0.3 is 9.84 Å². The van der Waals surface area contributed by atoms with E-state index < -0.39 is 0 Å². The van der Waals surface area contributed by atoms with Crippen LogP contribution in [0, 0.1) is 6.92 Å². The minimum atomic E-state index is -0.0507. The van der Waals surface area contributed by atoms with Crippen LogP contribution < -0.4 is 0 Å². The van der Waals surface area contributed by atoms with Gasteiger partial charge in [0.2, 0.25) is 0 Å². The molecule has 0 spiro atoms. The predicted molar refractivity (Wildman–Crippen MR) is 94.6 cm³/mol. The van der Waals surface area contributed by atoms with E-state index in [0.717, 1.165) is 13.1 Å². The zero-order valence-electron chi connectivity index (χ0n) is 14.1. The van der Waals surface area contributed by atoms with Crippen LogP contribution in [0.4, 0.5) is 0 Å². The lowest BCUT2D eigenvalue weighted by molar-refractivity contribution is 0.0569. The van der Waals surface area contributed by atoms with E-state index in [9.17, 15) is 0 Å². The number of aliphatic hydroxyl groups excluding tert-OH is 1. The second-order valence-electron chi connectivity index (χ2n) is 5.68. The molecule has 0 heterocycles. The van der Waals surface area contributed by atoms with Gasteiger partial charge in [-0.3, -0.25) is 4.90 Å². The fourth-order valence-corrected chi connectivity index (χ4v) is 2.74. The SMILES string of the molecule is CCN(CCO)CCOC(c1ccccc1)c1ccccc1C. The molecule has 0 aliphatic rings. The summed E-state index contributed by atoms with van der Waals surface area (Å²) in [7, 11) is 0. The summed E-state index contributed by atoms with van der Waals surface area (Å²) in [4.78, 5) is 2.19. The summed E-state index contributed by atoms with van der Waals surface area (Å²) in [5.74, 6) is 0. The minimum Gasteiger partial charge on any atom is -0.395 e. The van der Waals surface area contributed by atoms with Crippen molar-refractivity contribution in [1.29, 1.82) is 0 Å². The molecule has 3 nitrogen and oxygen atoms in total. The van der Waals surface area contributed by atoms with Crippen LogP contribution in [0.2, 0.25) is 0 Å². The number of aliphatic hydroxyl groups is 1. The zero-order valence-corrected chi connectivity index (χ0v) is 14.1. The van der Waals surface area contributed by atoms with E-state index in [1.807, 2.05) is 18.2 Å². The van der Waals surface area contributed by atoms with Crippen molar-refractivity contribution in [3.8, 4) is 0 Å². The first kappa shape index (κ1) is 17.7. The Bertz CT molecular complexity index is 571. The van der Waals surface area contributed by atoms with Crippen LogP contribution >= 0.6 is 0 Å². The van der Waals surface area contributed by atoms with E-state index in [1.54, 1.807) is 0 Å². The van der Waals surface area contributed by atoms with E-state index in [2.05, 4.69) is 55.1 Å². The number of likely N-dealkylation sites (N-methyl/N-ethyl adjacent to an activating group) is 1. The van der Waals surface area contributed by atoms with Gasteiger partial charge in [0.15, 0.2) is 0 Å². The molecule has 2 rings (SSSR count). The number of rotatable bonds is 9. The molecule has 0 amide bonds. The van der Waals surface area contributed by atoms with Crippen molar-refractivity contribution in [2.24, 2.45) is 0 Å². The van der Waals surface area contributed by atoms with Gasteiger partial charge in [-0.2, -0.15) is 0 Å². The lowest BCUT2D eigenvalue weighted by Crippen LogP contribution is -2.30. The Balaban J connectivity index is 2.11. The van der Waals surface area contributed by atoms with E-state index in [1.165, 1.54) is 16.7 Å². The van der Waals surface area contributed by atoms with E-state index in [0.29, 0.717) is 13.2 Å². The fourth-order valence-electron chi connectivity index (χ4n) is 2.74. The molecule has 0 radical (unpaired) electrons. The average Bonchev–Trinajstić information content (AvgIpc) is 2.59. The summed E-state index contributed by atoms with van der Waals surface area (Å²) in [6, 6.07) is 18.7. The Morgan fingerprint density at radius 1 is 1.00 bits per heavy atom. The maximum absolute atomic E-state index is 9.09. The Hall–Kier alpha value is -1.68. The number of hydrogen-bond acceptors (Lipinski definition) is 3. The van der Waals surface area contributed by atoms with Gasteiger partial charge in [0, 0.05) is 13.1 Å². The number of aryl methyl sites for hydroxylation is 1. The van der Waals surface area contributed by atoms with Crippen LogP contribution in [-0.4, -0.2) is 42.9 Å². The molecule has 23 heavy (non-hydrogen) atoms. The molecule has 2 aromatic carbocycles. The highest BCUT2D eigenvalue weighted by molar-refractivity contribution is 5.35. The van der Waals surface area contributed by atoms with E-state index in [-0.39, 0.29) is 12.7 Å². The molecule has 3 heteroatoms. The van der Waals surface area contributed by atoms with Crippen LogP contribution in [0.5, 0.6) is 0 Å². The summed E-state index contributed by atoms with van der Waals surface area (Å²) in [5, 5.41) is 9.09. The van der Waals surface area contributed by atoms with Crippen LogP contribution in [0.1, 0.15) is 29.7 Å². The van der Waals surface area contributed by atoms with Crippen LogP contribution in [-0.2, 0) is 4.74 Å². The van der Waals surface area contributed by atoms with Crippen molar-refractivity contribution in [2.45, 2.75) is 20.0 Å². The largest absolute Gasteiger partial charge is 0.395 e. The van der Waals surface area contributed by atoms with Crippen molar-refractivity contribution in [3.63, 3.8) is 0 Å². The third-order valence-corrected chi connectivity index (χ3v) is 4.13. The fraction of sp³-hybridized carbons (Fsp3) is 0.400. The highest BCUT2D eigenvalue weighted by Gasteiger charge is 2.16. The summed E-state index contributed by atoms with van der Waals surface area (Å²) < 4.78 is 6.25. The Kier molecular flexibility index (Phi) is 7.27. The van der Waals surface area contributed by atoms with Crippen molar-refractivity contribution >= 4 is 0 Å². The first-order valence-corrected chi connectivity index (χ1v) is 8.31. The topological polar surface area (TPSA) is 32.7 Å². The maximum atomic E-state index is 9.09. The number of benzene rings is 2. The Morgan fingerprint density at radius 3 is 2.35 bits per heavy atom. The zero-order chi connectivity index (χ0) is 16.5. The van der Waals surface area contributed by atoms with Crippen LogP contribution in [0.3, 0.4) is 0 Å². The quantitative estimate of drug-likeness (QED) is 0.770. The molecule has 1 unspecified atom stereocenters. The normalized spacial score (nSPS) is 12.5. The van der Waals surface area contributed by atoms with Gasteiger partial charge in [-0.1, -0.05) is 61.5 Å². The van der Waals surface area contributed by atoms with Gasteiger partial charge in [-0.25, -0.2) is 0 Å². The van der Waals surface area contributed by atoms with Crippen molar-refractivity contribution in [1.82, 2.24) is 4.90 Å². The predicted octanol–water partition coefficient (Wildman–Crippen LogP) is 3.42. The molecule has 0 aromatic heterocycles. The Morgan fingerprint density at radius 2 is 1.70 bits per heavy atom. The molecule has 0 fully saturated rings. The van der Waals surface area contributed by atoms with Gasteiger partial charge in [-0.05, 0) is 30.2 Å². The monoisotopic (exact) mass is 313 g/mol. The first-order valence-electron chi connectivity index (χ1n) is 8.31. The second-order valence-corrected chi connectivity index (χ2v) is 5.68. The average molecular weight is 313 g/mol. The van der Waals surface area contributed by atoms with Crippen molar-refractivity contribution < 1.29 is 9.84 Å². The third kappa shape index (κ3) is 5.17. The number of hydrogen-bond donors (Lipinski definition) is 1. The molecule has 1 N–H and O–H groups in total. The van der Waals surface area contributed by atoms with Crippen LogP contribution in [0.25, 0.3) is 0 Å². The molecule has 0 saturated heterocycles. The van der Waals surface area contributed by atoms with Crippen LogP contribution in [0.15, 0.2) is 54.6 Å². The summed E-state index contributed by atoms with van der Waals surface area (Å²) in [6.07, 6.45) is -0.0507. The van der Waals surface area contributed by atoms with E-state index >= 15 is 0 Å². The highest BCUT2D eigenvalue weighted by atomic mass is 16.5. The van der Waals surface area contributed by atoms with Crippen molar-refractivity contribution in [2.75, 3.05) is 32.8 Å². The van der Waals surface area contributed by atoms with Gasteiger partial charge in [-0.15, -0.1) is 0 Å². The molecule has 0 bridgehead atoms. The molecule has 0 aliphatic heterocycles. The highest BCUT2D eigenvalue weighted by Crippen LogP contribution is 2.28. The molecule has 2 aromatic rings. The first-order chi connectivity index (χ1) is 11.3. The summed E-state index contributed by atoms with van der Waals surface area (Å²) in [6.45, 7) is 7.50. The van der Waals surface area contributed by atoms with Gasteiger partial charge in [0.1, 0.15) is 6.10 Å². The number of nitrogens with zero attached hydrogens (tertiary/aromatic N) is 1. The lowest BCUT2D eigenvalue weighted by atomic mass is 9.97. The van der Waals surface area contributed by atoms with Gasteiger partial charge in [0.25, 0.3) is 0 Å². The van der Waals surface area contributed by atoms with Gasteiger partial charge in [0.05, 0.1) is 13.2 Å². The lowest BCUT2D eigenvalue weighted by Gasteiger charge is -2.24. The molecular formula is C20H27NO2. The molecule has 1 atom stereocenters. The number of ether oxygens (including phenoxy) is 1. The smallest absolute Gasteiger partial charge is 0.108 e. The minimum absolute atomic E-state index is 0.0507. The molecule has 0 aliphatic carbocycles. The maximum Gasteiger partial charge on any atom is 0.108 e. The third-order valence-electron chi connectivity index (χ3n) is 4.13. The second kappa shape index (κ2) is 9.46. The molecular weight excluding hydrogens is 286 g/mol. The Labute approximate surface area is 139 Å². The summed E-state index contributed by atoms with van der Waals surface area (Å²) in [5.41, 5.74) is 3.62. The summed E-state index contributed by atoms with van der Waals surface area (Å²) >= 11 is 0. The molecule has 124 valence electrons.